The van der Waals surface area contributed by atoms with Crippen molar-refractivity contribution in [2.75, 3.05) is 6.61 Å². The molecule has 4 heteroatoms. The van der Waals surface area contributed by atoms with Crippen LogP contribution < -0.4 is 5.32 Å². The van der Waals surface area contributed by atoms with Crippen molar-refractivity contribution >= 4 is 5.91 Å². The highest BCUT2D eigenvalue weighted by Crippen LogP contribution is 2.16. The summed E-state index contributed by atoms with van der Waals surface area (Å²) in [6.07, 6.45) is 64.6. The van der Waals surface area contributed by atoms with Gasteiger partial charge >= 0.3 is 0 Å². The van der Waals surface area contributed by atoms with Crippen LogP contribution in [-0.4, -0.2) is 34.9 Å². The van der Waals surface area contributed by atoms with Gasteiger partial charge in [0.05, 0.1) is 18.8 Å². The van der Waals surface area contributed by atoms with Gasteiger partial charge in [-0.05, 0) is 57.8 Å². The standard InChI is InChI=1S/C51H93NO3/c1-3-5-7-9-11-13-15-17-18-19-20-21-22-23-24-25-26-27-28-29-30-31-32-33-34-35-37-39-41-43-45-47-51(55)52-49(48-53)50(54)46-44-42-40-38-36-16-14-12-10-8-6-4-2/h5,7,11,13,17-18,20-21,23-24,49-50,53-54H,3-4,6,8-10,12,14-16,19,22,25-48H2,1-2H3,(H,52,55)/b7-5-,13-11-,18-17-,21-20-,24-23-. The van der Waals surface area contributed by atoms with Crippen molar-refractivity contribution in [2.24, 2.45) is 0 Å². The number of carbonyl (C=O) groups excluding carboxylic acids is 1. The van der Waals surface area contributed by atoms with Crippen LogP contribution in [0.5, 0.6) is 0 Å². The van der Waals surface area contributed by atoms with Gasteiger partial charge in [-0.3, -0.25) is 4.79 Å². The maximum atomic E-state index is 12.4. The van der Waals surface area contributed by atoms with Crippen LogP contribution in [0.25, 0.3) is 0 Å². The number of amides is 1. The summed E-state index contributed by atoms with van der Waals surface area (Å²) >= 11 is 0. The molecule has 0 saturated carbocycles. The molecule has 320 valence electrons. The van der Waals surface area contributed by atoms with Crippen LogP contribution in [0.2, 0.25) is 0 Å². The van der Waals surface area contributed by atoms with Gasteiger partial charge in [0.15, 0.2) is 0 Å². The lowest BCUT2D eigenvalue weighted by molar-refractivity contribution is -0.123. The van der Waals surface area contributed by atoms with Crippen LogP contribution in [0.15, 0.2) is 60.8 Å². The highest BCUT2D eigenvalue weighted by Gasteiger charge is 2.20. The Bertz CT molecular complexity index is 919. The van der Waals surface area contributed by atoms with Crippen LogP contribution in [0.1, 0.15) is 239 Å². The molecule has 0 aliphatic rings. The van der Waals surface area contributed by atoms with Crippen molar-refractivity contribution in [3.63, 3.8) is 0 Å². The van der Waals surface area contributed by atoms with Crippen molar-refractivity contribution < 1.29 is 15.0 Å². The molecule has 2 atom stereocenters. The molecule has 0 rings (SSSR count). The number of hydrogen-bond donors (Lipinski definition) is 3. The first-order valence-electron chi connectivity index (χ1n) is 24.0. The van der Waals surface area contributed by atoms with E-state index in [9.17, 15) is 15.0 Å². The topological polar surface area (TPSA) is 69.6 Å². The highest BCUT2D eigenvalue weighted by atomic mass is 16.3. The van der Waals surface area contributed by atoms with E-state index in [0.29, 0.717) is 12.8 Å². The first-order valence-corrected chi connectivity index (χ1v) is 24.0. The number of aliphatic hydroxyl groups excluding tert-OH is 2. The van der Waals surface area contributed by atoms with Crippen molar-refractivity contribution in [3.8, 4) is 0 Å². The Kier molecular flexibility index (Phi) is 44.9. The number of carbonyl (C=O) groups is 1. The monoisotopic (exact) mass is 768 g/mol. The van der Waals surface area contributed by atoms with E-state index < -0.39 is 12.1 Å². The summed E-state index contributed by atoms with van der Waals surface area (Å²) in [7, 11) is 0. The van der Waals surface area contributed by atoms with E-state index in [1.165, 1.54) is 154 Å². The molecule has 0 aromatic heterocycles. The largest absolute Gasteiger partial charge is 0.394 e. The molecule has 0 heterocycles. The van der Waals surface area contributed by atoms with Gasteiger partial charge in [0.1, 0.15) is 0 Å². The van der Waals surface area contributed by atoms with Gasteiger partial charge in [0.25, 0.3) is 0 Å². The van der Waals surface area contributed by atoms with Crippen molar-refractivity contribution in [3.05, 3.63) is 60.8 Å². The third kappa shape index (κ3) is 43.1. The average molecular weight is 768 g/mol. The summed E-state index contributed by atoms with van der Waals surface area (Å²) in [5.74, 6) is -0.0332. The zero-order valence-electron chi connectivity index (χ0n) is 36.7. The van der Waals surface area contributed by atoms with Crippen LogP contribution >= 0.6 is 0 Å². The van der Waals surface area contributed by atoms with Crippen molar-refractivity contribution in [1.29, 1.82) is 0 Å². The number of aliphatic hydroxyl groups is 2. The zero-order valence-corrected chi connectivity index (χ0v) is 36.7. The number of nitrogens with one attached hydrogen (secondary N) is 1. The van der Waals surface area contributed by atoms with Crippen molar-refractivity contribution in [1.82, 2.24) is 5.32 Å². The molecule has 0 aliphatic heterocycles. The SMILES string of the molecule is CC/C=C\C/C=C\C/C=C\C/C=C\C/C=C\CCCCCCCCCCCCCCCCCC(=O)NC(CO)C(O)CCCCCCCCCCCCCC. The third-order valence-electron chi connectivity index (χ3n) is 10.8. The maximum Gasteiger partial charge on any atom is 0.220 e. The molecule has 3 N–H and O–H groups in total. The summed E-state index contributed by atoms with van der Waals surface area (Å²) in [6.45, 7) is 4.24. The Morgan fingerprint density at radius 3 is 1.20 bits per heavy atom. The molecule has 0 fully saturated rings. The Labute approximate surface area is 343 Å². The number of hydrogen-bond acceptors (Lipinski definition) is 3. The summed E-state index contributed by atoms with van der Waals surface area (Å²) in [4.78, 5) is 12.4. The maximum absolute atomic E-state index is 12.4. The molecule has 0 aromatic carbocycles. The second-order valence-corrected chi connectivity index (χ2v) is 16.2. The van der Waals surface area contributed by atoms with E-state index in [1.807, 2.05) is 0 Å². The van der Waals surface area contributed by atoms with Gasteiger partial charge in [0.2, 0.25) is 5.91 Å². The number of allylic oxidation sites excluding steroid dienone is 10. The van der Waals surface area contributed by atoms with Gasteiger partial charge in [-0.2, -0.15) is 0 Å². The van der Waals surface area contributed by atoms with Gasteiger partial charge in [0, 0.05) is 6.42 Å². The molecule has 0 spiro atoms. The molecule has 55 heavy (non-hydrogen) atoms. The first kappa shape index (κ1) is 53.1. The van der Waals surface area contributed by atoms with E-state index in [1.54, 1.807) is 0 Å². The van der Waals surface area contributed by atoms with E-state index in [2.05, 4.69) is 79.9 Å². The summed E-state index contributed by atoms with van der Waals surface area (Å²) in [6, 6.07) is -0.536. The quantitative estimate of drug-likeness (QED) is 0.0427. The minimum Gasteiger partial charge on any atom is -0.394 e. The number of unbranched alkanes of at least 4 members (excludes halogenated alkanes) is 26. The highest BCUT2D eigenvalue weighted by molar-refractivity contribution is 5.76. The summed E-state index contributed by atoms with van der Waals surface area (Å²) < 4.78 is 0. The van der Waals surface area contributed by atoms with Gasteiger partial charge in [-0.1, -0.05) is 235 Å². The Morgan fingerprint density at radius 1 is 0.455 bits per heavy atom. The fourth-order valence-electron chi connectivity index (χ4n) is 7.15. The molecule has 0 saturated heterocycles. The second kappa shape index (κ2) is 46.5. The lowest BCUT2D eigenvalue weighted by atomic mass is 10.0. The molecule has 0 aliphatic carbocycles. The predicted octanol–water partition coefficient (Wildman–Crippen LogP) is 15.3. The molecule has 0 radical (unpaired) electrons. The molecule has 0 bridgehead atoms. The molecule has 4 nitrogen and oxygen atoms in total. The van der Waals surface area contributed by atoms with Gasteiger partial charge in [-0.15, -0.1) is 0 Å². The van der Waals surface area contributed by atoms with E-state index in [0.717, 1.165) is 57.8 Å². The average Bonchev–Trinajstić information content (AvgIpc) is 3.19. The van der Waals surface area contributed by atoms with Crippen LogP contribution in [0.3, 0.4) is 0 Å². The Hall–Kier alpha value is -1.91. The lowest BCUT2D eigenvalue weighted by Crippen LogP contribution is -2.45. The zero-order chi connectivity index (χ0) is 40.0. The molecular weight excluding hydrogens is 675 g/mol. The number of rotatable bonds is 43. The third-order valence-corrected chi connectivity index (χ3v) is 10.8. The smallest absolute Gasteiger partial charge is 0.220 e. The second-order valence-electron chi connectivity index (χ2n) is 16.2. The molecular formula is C51H93NO3. The molecule has 2 unspecified atom stereocenters. The molecule has 1 amide bonds. The molecule has 0 aromatic rings. The van der Waals surface area contributed by atoms with E-state index in [4.69, 9.17) is 0 Å². The van der Waals surface area contributed by atoms with E-state index >= 15 is 0 Å². The van der Waals surface area contributed by atoms with Gasteiger partial charge < -0.3 is 15.5 Å². The summed E-state index contributed by atoms with van der Waals surface area (Å²) in [5.41, 5.74) is 0. The van der Waals surface area contributed by atoms with Crippen molar-refractivity contribution in [2.45, 2.75) is 251 Å². The predicted molar refractivity (Wildman–Crippen MR) is 244 cm³/mol. The summed E-state index contributed by atoms with van der Waals surface area (Å²) in [5, 5.41) is 23.2. The van der Waals surface area contributed by atoms with Crippen LogP contribution in [0.4, 0.5) is 0 Å². The van der Waals surface area contributed by atoms with E-state index in [-0.39, 0.29) is 12.5 Å². The Morgan fingerprint density at radius 2 is 0.800 bits per heavy atom. The minimum absolute atomic E-state index is 0.0332. The normalized spacial score (nSPS) is 13.5. The fraction of sp³-hybridized carbons (Fsp3) is 0.784. The Balaban J connectivity index is 3.47. The minimum atomic E-state index is -0.659. The van der Waals surface area contributed by atoms with Crippen LogP contribution in [0, 0.1) is 0 Å². The van der Waals surface area contributed by atoms with Crippen LogP contribution in [-0.2, 0) is 4.79 Å². The van der Waals surface area contributed by atoms with Gasteiger partial charge in [-0.25, -0.2) is 0 Å². The first-order chi connectivity index (χ1) is 27.2. The lowest BCUT2D eigenvalue weighted by Gasteiger charge is -2.22. The fourth-order valence-corrected chi connectivity index (χ4v) is 7.15.